The van der Waals surface area contributed by atoms with E-state index in [1.807, 2.05) is 24.4 Å². The van der Waals surface area contributed by atoms with Gasteiger partial charge in [-0.25, -0.2) is 0 Å². The van der Waals surface area contributed by atoms with Crippen LogP contribution in [0, 0.1) is 0 Å². The lowest BCUT2D eigenvalue weighted by Gasteiger charge is -2.42. The number of phenolic OH excluding ortho intramolecular Hbond substituents is 1. The zero-order valence-electron chi connectivity index (χ0n) is 28.1. The molecule has 2 aromatic heterocycles. The van der Waals surface area contributed by atoms with Crippen molar-refractivity contribution in [2.24, 2.45) is 0 Å². The lowest BCUT2D eigenvalue weighted by molar-refractivity contribution is -0.134. The predicted molar refractivity (Wildman–Crippen MR) is 191 cm³/mol. The van der Waals surface area contributed by atoms with E-state index in [1.54, 1.807) is 12.1 Å². The first kappa shape index (κ1) is 32.2. The Morgan fingerprint density at radius 1 is 0.820 bits per heavy atom. The summed E-state index contributed by atoms with van der Waals surface area (Å²) in [5.41, 5.74) is 12.4. The van der Waals surface area contributed by atoms with E-state index in [0.29, 0.717) is 66.5 Å². The fraction of sp³-hybridized carbons (Fsp3) is 0.410. The molecule has 258 valence electrons. The third kappa shape index (κ3) is 6.26. The topological polar surface area (TPSA) is 147 Å². The molecular weight excluding hydrogens is 630 g/mol. The number of likely N-dealkylation sites (tertiary alicyclic amines) is 1. The number of ether oxygens (including phenoxy) is 1. The smallest absolute Gasteiger partial charge is 0.249 e. The zero-order valence-corrected chi connectivity index (χ0v) is 28.1. The highest BCUT2D eigenvalue weighted by Gasteiger charge is 2.37. The molecular formula is C39H43N7O4. The Morgan fingerprint density at radius 2 is 1.64 bits per heavy atom. The molecule has 2 aromatic carbocycles. The van der Waals surface area contributed by atoms with Gasteiger partial charge in [-0.15, -0.1) is 10.2 Å². The van der Waals surface area contributed by atoms with E-state index in [1.165, 1.54) is 11.1 Å². The highest BCUT2D eigenvalue weighted by molar-refractivity contribution is 6.02. The summed E-state index contributed by atoms with van der Waals surface area (Å²) in [6, 6.07) is 19.8. The quantitative estimate of drug-likeness (QED) is 0.227. The van der Waals surface area contributed by atoms with Crippen LogP contribution in [-0.4, -0.2) is 75.3 Å². The number of carbonyl (C=O) groups is 2. The number of aromatic hydroxyl groups is 1. The van der Waals surface area contributed by atoms with Crippen molar-refractivity contribution in [1.29, 1.82) is 0 Å². The van der Waals surface area contributed by atoms with Crippen molar-refractivity contribution in [1.82, 2.24) is 25.4 Å². The number of para-hydroxylation sites is 2. The molecule has 0 radical (unpaired) electrons. The van der Waals surface area contributed by atoms with E-state index in [0.717, 1.165) is 68.7 Å². The molecule has 11 heteroatoms. The van der Waals surface area contributed by atoms with Gasteiger partial charge in [0.1, 0.15) is 24.1 Å². The molecule has 2 amide bonds. The summed E-state index contributed by atoms with van der Waals surface area (Å²) in [6.45, 7) is 3.32. The standard InChI is InChI=1S/C39H43N7O4/c40-38-30(23-32(43-44-38)29-4-1-2-7-35(29)47)31-22-26(14-17-41-31)24-15-18-45(19-16-24)27-10-8-25(9-11-27)28-5-3-6-33-37(28)50-21-20-46(33)34-12-13-36(48)42-39(34)49/h1-7,14,17,22-25,27,34,47H,8-13,15-16,18-21H2,(H2,40,44)(H,42,48,49)/t25-,27-,34-/m0/s1. The molecule has 1 aliphatic carbocycles. The summed E-state index contributed by atoms with van der Waals surface area (Å²) < 4.78 is 6.28. The normalized spacial score (nSPS) is 23.2. The van der Waals surface area contributed by atoms with Gasteiger partial charge >= 0.3 is 0 Å². The molecule has 4 N–H and O–H groups in total. The summed E-state index contributed by atoms with van der Waals surface area (Å²) in [4.78, 5) is 33.9. The number of anilines is 2. The molecule has 2 saturated heterocycles. The van der Waals surface area contributed by atoms with Crippen molar-refractivity contribution >= 4 is 23.3 Å². The lowest BCUT2D eigenvalue weighted by Crippen LogP contribution is -2.54. The number of nitrogens with two attached hydrogens (primary N) is 1. The van der Waals surface area contributed by atoms with Gasteiger partial charge in [0, 0.05) is 29.8 Å². The van der Waals surface area contributed by atoms with Gasteiger partial charge in [-0.05, 0) is 117 Å². The van der Waals surface area contributed by atoms with E-state index < -0.39 is 0 Å². The van der Waals surface area contributed by atoms with Crippen LogP contribution in [0.3, 0.4) is 0 Å². The highest BCUT2D eigenvalue weighted by Crippen LogP contribution is 2.45. The number of carbonyl (C=O) groups excluding carboxylic acids is 2. The molecule has 3 aliphatic heterocycles. The third-order valence-corrected chi connectivity index (χ3v) is 11.2. The van der Waals surface area contributed by atoms with Crippen LogP contribution >= 0.6 is 0 Å². The summed E-state index contributed by atoms with van der Waals surface area (Å²) in [6.07, 6.45) is 9.48. The molecule has 5 heterocycles. The lowest BCUT2D eigenvalue weighted by atomic mass is 9.79. The summed E-state index contributed by atoms with van der Waals surface area (Å²) in [5.74, 6) is 1.85. The van der Waals surface area contributed by atoms with Crippen molar-refractivity contribution in [3.8, 4) is 34.0 Å². The Bertz CT molecular complexity index is 1900. The number of benzene rings is 2. The highest BCUT2D eigenvalue weighted by atomic mass is 16.5. The van der Waals surface area contributed by atoms with Crippen molar-refractivity contribution in [3.63, 3.8) is 0 Å². The van der Waals surface area contributed by atoms with Crippen LogP contribution in [0.15, 0.2) is 66.9 Å². The fourth-order valence-corrected chi connectivity index (χ4v) is 8.54. The van der Waals surface area contributed by atoms with Gasteiger partial charge < -0.3 is 25.4 Å². The second-order valence-corrected chi connectivity index (χ2v) is 14.0. The van der Waals surface area contributed by atoms with Gasteiger partial charge in [0.2, 0.25) is 11.8 Å². The van der Waals surface area contributed by atoms with Crippen LogP contribution in [0.1, 0.15) is 74.3 Å². The van der Waals surface area contributed by atoms with E-state index in [4.69, 9.17) is 10.5 Å². The molecule has 0 unspecified atom stereocenters. The average Bonchev–Trinajstić information content (AvgIpc) is 3.15. The van der Waals surface area contributed by atoms with Crippen LogP contribution < -0.4 is 20.7 Å². The van der Waals surface area contributed by atoms with E-state index >= 15 is 0 Å². The molecule has 11 nitrogen and oxygen atoms in total. The molecule has 0 spiro atoms. The second-order valence-electron chi connectivity index (χ2n) is 14.0. The number of phenols is 1. The number of nitrogens with one attached hydrogen (secondary N) is 1. The van der Waals surface area contributed by atoms with Crippen molar-refractivity contribution < 1.29 is 19.4 Å². The number of fused-ring (bicyclic) bond motifs is 1. The van der Waals surface area contributed by atoms with Crippen LogP contribution in [-0.2, 0) is 9.59 Å². The third-order valence-electron chi connectivity index (χ3n) is 11.2. The van der Waals surface area contributed by atoms with Crippen LogP contribution in [0.5, 0.6) is 11.5 Å². The van der Waals surface area contributed by atoms with Crippen molar-refractivity contribution in [3.05, 3.63) is 78.0 Å². The predicted octanol–water partition coefficient (Wildman–Crippen LogP) is 5.40. The SMILES string of the molecule is Nc1nnc(-c2ccccc2O)cc1-c1cc(C2CCN([C@H]3CC[C@H](c4cccc5c4OCCN5[C@H]4CCC(=O)NC4=O)CC3)CC2)ccn1. The monoisotopic (exact) mass is 673 g/mol. The number of amides is 2. The van der Waals surface area contributed by atoms with Gasteiger partial charge in [0.15, 0.2) is 5.82 Å². The fourth-order valence-electron chi connectivity index (χ4n) is 8.54. The Balaban J connectivity index is 0.897. The van der Waals surface area contributed by atoms with Crippen LogP contribution in [0.4, 0.5) is 11.5 Å². The van der Waals surface area contributed by atoms with E-state index in [9.17, 15) is 14.7 Å². The Morgan fingerprint density at radius 3 is 2.44 bits per heavy atom. The maximum Gasteiger partial charge on any atom is 0.249 e. The zero-order chi connectivity index (χ0) is 34.2. The van der Waals surface area contributed by atoms with Crippen molar-refractivity contribution in [2.45, 2.75) is 75.3 Å². The first-order valence-electron chi connectivity index (χ1n) is 17.9. The van der Waals surface area contributed by atoms with Crippen molar-refractivity contribution in [2.75, 3.05) is 36.9 Å². The summed E-state index contributed by atoms with van der Waals surface area (Å²) in [7, 11) is 0. The molecule has 3 fully saturated rings. The first-order chi connectivity index (χ1) is 24.4. The van der Waals surface area contributed by atoms with Crippen LogP contribution in [0.2, 0.25) is 0 Å². The average molecular weight is 674 g/mol. The molecule has 4 aliphatic rings. The first-order valence-corrected chi connectivity index (χ1v) is 17.9. The number of pyridine rings is 1. The van der Waals surface area contributed by atoms with Gasteiger partial charge in [-0.2, -0.15) is 0 Å². The van der Waals surface area contributed by atoms with Gasteiger partial charge in [0.25, 0.3) is 0 Å². The number of nitrogen functional groups attached to an aromatic ring is 1. The molecule has 1 saturated carbocycles. The summed E-state index contributed by atoms with van der Waals surface area (Å²) in [5, 5.41) is 21.3. The number of rotatable bonds is 6. The van der Waals surface area contributed by atoms with Gasteiger partial charge in [0.05, 0.1) is 23.6 Å². The number of piperidine rings is 2. The largest absolute Gasteiger partial charge is 0.507 e. The minimum Gasteiger partial charge on any atom is -0.507 e. The minimum absolute atomic E-state index is 0.144. The van der Waals surface area contributed by atoms with E-state index in [-0.39, 0.29) is 23.6 Å². The number of aromatic nitrogens is 3. The molecule has 8 rings (SSSR count). The van der Waals surface area contributed by atoms with Gasteiger partial charge in [-0.3, -0.25) is 19.9 Å². The Kier molecular flexibility index (Phi) is 8.82. The number of nitrogens with zero attached hydrogens (tertiary/aromatic N) is 5. The number of hydrogen-bond acceptors (Lipinski definition) is 10. The molecule has 0 bridgehead atoms. The van der Waals surface area contributed by atoms with Crippen LogP contribution in [0.25, 0.3) is 22.5 Å². The Hall–Kier alpha value is -5.03. The van der Waals surface area contributed by atoms with Gasteiger partial charge in [-0.1, -0.05) is 24.3 Å². The number of hydrogen-bond donors (Lipinski definition) is 3. The summed E-state index contributed by atoms with van der Waals surface area (Å²) >= 11 is 0. The molecule has 1 atom stereocenters. The molecule has 50 heavy (non-hydrogen) atoms. The maximum atomic E-state index is 12.7. The minimum atomic E-state index is -0.336. The second kappa shape index (κ2) is 13.7. The maximum absolute atomic E-state index is 12.7. The Labute approximate surface area is 291 Å². The molecule has 4 aromatic rings. The number of imide groups is 1. The van der Waals surface area contributed by atoms with E-state index in [2.05, 4.69) is 60.6 Å².